The Kier molecular flexibility index (Phi) is 4.48. The average molecular weight is 269 g/mol. The molecular weight excluding hydrogens is 250 g/mol. The van der Waals surface area contributed by atoms with Gasteiger partial charge in [-0.05, 0) is 56.6 Å². The van der Waals surface area contributed by atoms with Gasteiger partial charge in [0.25, 0.3) is 5.91 Å². The Morgan fingerprint density at radius 3 is 2.45 bits per heavy atom. The summed E-state index contributed by atoms with van der Waals surface area (Å²) in [5.41, 5.74) is 9.69. The number of aromatic nitrogens is 1. The Labute approximate surface area is 119 Å². The fourth-order valence-corrected chi connectivity index (χ4v) is 2.05. The highest BCUT2D eigenvalue weighted by Gasteiger charge is 2.10. The molecule has 0 saturated carbocycles. The summed E-state index contributed by atoms with van der Waals surface area (Å²) in [5.74, 6) is -0.137. The van der Waals surface area contributed by atoms with E-state index in [2.05, 4.69) is 10.3 Å². The van der Waals surface area contributed by atoms with Crippen LogP contribution in [0.25, 0.3) is 0 Å². The number of anilines is 1. The van der Waals surface area contributed by atoms with Crippen molar-refractivity contribution in [3.63, 3.8) is 0 Å². The molecule has 0 aliphatic rings. The molecule has 104 valence electrons. The van der Waals surface area contributed by atoms with Crippen LogP contribution in [0.4, 0.5) is 5.69 Å². The van der Waals surface area contributed by atoms with E-state index in [1.807, 2.05) is 44.2 Å². The summed E-state index contributed by atoms with van der Waals surface area (Å²) in [6, 6.07) is 11.4. The lowest BCUT2D eigenvalue weighted by Gasteiger charge is -2.08. The van der Waals surface area contributed by atoms with E-state index >= 15 is 0 Å². The minimum atomic E-state index is -0.137. The van der Waals surface area contributed by atoms with Crippen LogP contribution in [-0.4, -0.2) is 17.4 Å². The smallest absolute Gasteiger partial charge is 0.257 e. The number of nitrogens with two attached hydrogens (primary N) is 1. The number of hydrogen-bond donors (Lipinski definition) is 2. The molecule has 3 N–H and O–H groups in total. The number of nitrogens with one attached hydrogen (secondary N) is 1. The van der Waals surface area contributed by atoms with Crippen molar-refractivity contribution in [2.24, 2.45) is 5.73 Å². The molecular formula is C16H19N3O. The quantitative estimate of drug-likeness (QED) is 0.895. The van der Waals surface area contributed by atoms with Crippen LogP contribution in [0.15, 0.2) is 36.4 Å². The number of pyridine rings is 1. The molecule has 1 aromatic carbocycles. The minimum absolute atomic E-state index is 0.137. The van der Waals surface area contributed by atoms with Gasteiger partial charge in [0.15, 0.2) is 0 Å². The lowest BCUT2D eigenvalue weighted by molar-refractivity contribution is 0.102. The van der Waals surface area contributed by atoms with Crippen LogP contribution in [0.2, 0.25) is 0 Å². The molecule has 20 heavy (non-hydrogen) atoms. The van der Waals surface area contributed by atoms with E-state index in [4.69, 9.17) is 5.73 Å². The molecule has 2 rings (SSSR count). The zero-order valence-corrected chi connectivity index (χ0v) is 11.8. The lowest BCUT2D eigenvalue weighted by atomic mass is 10.1. The summed E-state index contributed by atoms with van der Waals surface area (Å²) in [7, 11) is 0. The van der Waals surface area contributed by atoms with Crippen molar-refractivity contribution in [3.8, 4) is 0 Å². The fraction of sp³-hybridized carbons (Fsp3) is 0.250. The normalized spacial score (nSPS) is 10.3. The summed E-state index contributed by atoms with van der Waals surface area (Å²) in [6.45, 7) is 4.37. The maximum absolute atomic E-state index is 12.2. The molecule has 1 amide bonds. The van der Waals surface area contributed by atoms with Crippen molar-refractivity contribution in [1.82, 2.24) is 4.98 Å². The highest BCUT2D eigenvalue weighted by Crippen LogP contribution is 2.13. The summed E-state index contributed by atoms with van der Waals surface area (Å²) >= 11 is 0. The molecule has 0 aliphatic heterocycles. The third-order valence-electron chi connectivity index (χ3n) is 3.11. The number of amides is 1. The maximum Gasteiger partial charge on any atom is 0.257 e. The number of rotatable bonds is 4. The Morgan fingerprint density at radius 2 is 1.85 bits per heavy atom. The second-order valence-corrected chi connectivity index (χ2v) is 4.78. The van der Waals surface area contributed by atoms with Crippen LogP contribution in [0.5, 0.6) is 0 Å². The van der Waals surface area contributed by atoms with Gasteiger partial charge in [0, 0.05) is 11.4 Å². The lowest BCUT2D eigenvalue weighted by Crippen LogP contribution is -2.14. The van der Waals surface area contributed by atoms with Gasteiger partial charge in [0.2, 0.25) is 0 Å². The van der Waals surface area contributed by atoms with Gasteiger partial charge in [-0.3, -0.25) is 9.78 Å². The van der Waals surface area contributed by atoms with Gasteiger partial charge in [0.05, 0.1) is 11.3 Å². The van der Waals surface area contributed by atoms with Gasteiger partial charge < -0.3 is 11.1 Å². The average Bonchev–Trinajstić information content (AvgIpc) is 2.41. The molecule has 0 bridgehead atoms. The van der Waals surface area contributed by atoms with Crippen molar-refractivity contribution < 1.29 is 4.79 Å². The predicted octanol–water partition coefficient (Wildman–Crippen LogP) is 2.45. The van der Waals surface area contributed by atoms with Gasteiger partial charge in [-0.2, -0.15) is 0 Å². The predicted molar refractivity (Wildman–Crippen MR) is 80.9 cm³/mol. The van der Waals surface area contributed by atoms with Crippen LogP contribution < -0.4 is 11.1 Å². The van der Waals surface area contributed by atoms with Crippen LogP contribution in [-0.2, 0) is 6.42 Å². The van der Waals surface area contributed by atoms with Crippen LogP contribution >= 0.6 is 0 Å². The summed E-state index contributed by atoms with van der Waals surface area (Å²) in [4.78, 5) is 16.5. The highest BCUT2D eigenvalue weighted by atomic mass is 16.1. The zero-order chi connectivity index (χ0) is 14.5. The zero-order valence-electron chi connectivity index (χ0n) is 11.8. The first-order chi connectivity index (χ1) is 9.60. The van der Waals surface area contributed by atoms with E-state index < -0.39 is 0 Å². The second-order valence-electron chi connectivity index (χ2n) is 4.78. The molecule has 4 heteroatoms. The number of hydrogen-bond acceptors (Lipinski definition) is 3. The number of benzene rings is 1. The van der Waals surface area contributed by atoms with Gasteiger partial charge in [-0.25, -0.2) is 0 Å². The van der Waals surface area contributed by atoms with Crippen molar-refractivity contribution in [1.29, 1.82) is 0 Å². The van der Waals surface area contributed by atoms with E-state index in [1.165, 1.54) is 5.56 Å². The van der Waals surface area contributed by atoms with E-state index in [9.17, 15) is 4.79 Å². The topological polar surface area (TPSA) is 68.0 Å². The Hall–Kier alpha value is -2.20. The Balaban J connectivity index is 2.11. The molecule has 4 nitrogen and oxygen atoms in total. The van der Waals surface area contributed by atoms with Gasteiger partial charge in [-0.15, -0.1) is 0 Å². The van der Waals surface area contributed by atoms with Crippen LogP contribution in [0.3, 0.4) is 0 Å². The number of aryl methyl sites for hydroxylation is 2. The highest BCUT2D eigenvalue weighted by molar-refractivity contribution is 6.04. The van der Waals surface area contributed by atoms with Gasteiger partial charge in [0.1, 0.15) is 0 Å². The first-order valence-electron chi connectivity index (χ1n) is 6.65. The van der Waals surface area contributed by atoms with Gasteiger partial charge in [-0.1, -0.05) is 12.1 Å². The summed E-state index contributed by atoms with van der Waals surface area (Å²) in [6.07, 6.45) is 0.842. The summed E-state index contributed by atoms with van der Waals surface area (Å²) in [5, 5.41) is 2.88. The Morgan fingerprint density at radius 1 is 1.15 bits per heavy atom. The van der Waals surface area contributed by atoms with Crippen molar-refractivity contribution in [2.75, 3.05) is 11.9 Å². The molecule has 1 heterocycles. The second kappa shape index (κ2) is 6.30. The van der Waals surface area contributed by atoms with Crippen molar-refractivity contribution in [2.45, 2.75) is 20.3 Å². The van der Waals surface area contributed by atoms with E-state index in [0.29, 0.717) is 12.1 Å². The third-order valence-corrected chi connectivity index (χ3v) is 3.11. The van der Waals surface area contributed by atoms with E-state index in [0.717, 1.165) is 23.5 Å². The van der Waals surface area contributed by atoms with E-state index in [-0.39, 0.29) is 5.91 Å². The maximum atomic E-state index is 12.2. The molecule has 0 atom stereocenters. The molecule has 0 fully saturated rings. The van der Waals surface area contributed by atoms with Crippen molar-refractivity contribution >= 4 is 11.6 Å². The van der Waals surface area contributed by atoms with E-state index in [1.54, 1.807) is 6.07 Å². The molecule has 0 radical (unpaired) electrons. The first-order valence-corrected chi connectivity index (χ1v) is 6.65. The monoisotopic (exact) mass is 269 g/mol. The first kappa shape index (κ1) is 14.2. The molecule has 2 aromatic rings. The SMILES string of the molecule is Cc1ccc(C(=O)Nc2ccc(CCN)cc2)c(C)n1. The molecule has 0 aliphatic carbocycles. The molecule has 0 saturated heterocycles. The largest absolute Gasteiger partial charge is 0.330 e. The Bertz CT molecular complexity index is 606. The third kappa shape index (κ3) is 3.42. The van der Waals surface area contributed by atoms with Gasteiger partial charge >= 0.3 is 0 Å². The van der Waals surface area contributed by atoms with Crippen LogP contribution in [0.1, 0.15) is 27.3 Å². The minimum Gasteiger partial charge on any atom is -0.330 e. The molecule has 0 unspecified atom stereocenters. The number of carbonyl (C=O) groups excluding carboxylic acids is 1. The standard InChI is InChI=1S/C16H19N3O/c1-11-3-8-15(12(2)18-11)16(20)19-14-6-4-13(5-7-14)9-10-17/h3-8H,9-10,17H2,1-2H3,(H,19,20). The molecule has 0 spiro atoms. The number of nitrogens with zero attached hydrogens (tertiary/aromatic N) is 1. The summed E-state index contributed by atoms with van der Waals surface area (Å²) < 4.78 is 0. The number of carbonyl (C=O) groups is 1. The molecule has 1 aromatic heterocycles. The van der Waals surface area contributed by atoms with Crippen LogP contribution in [0, 0.1) is 13.8 Å². The fourth-order valence-electron chi connectivity index (χ4n) is 2.05. The van der Waals surface area contributed by atoms with Crippen molar-refractivity contribution in [3.05, 3.63) is 58.9 Å².